The van der Waals surface area contributed by atoms with Crippen LogP contribution >= 0.6 is 0 Å². The van der Waals surface area contributed by atoms with E-state index in [0.717, 1.165) is 28.8 Å². The largest absolute Gasteiger partial charge is 0.462 e. The Morgan fingerprint density at radius 1 is 1.03 bits per heavy atom. The molecule has 0 fully saturated rings. The van der Waals surface area contributed by atoms with Crippen molar-refractivity contribution in [3.8, 4) is 34.4 Å². The smallest absolute Gasteiger partial charge is 0.342 e. The molecular formula is C30H32NO4. The van der Waals surface area contributed by atoms with Gasteiger partial charge < -0.3 is 14.2 Å². The number of esters is 1. The summed E-state index contributed by atoms with van der Waals surface area (Å²) in [6.45, 7) is 10.2. The predicted molar refractivity (Wildman–Crippen MR) is 140 cm³/mol. The average molecular weight is 471 g/mol. The molecule has 0 unspecified atom stereocenters. The quantitative estimate of drug-likeness (QED) is 0.162. The Bertz CT molecular complexity index is 1290. The van der Waals surface area contributed by atoms with Crippen molar-refractivity contribution < 1.29 is 19.3 Å². The third-order valence-electron chi connectivity index (χ3n) is 5.34. The number of hydrogen-bond acceptors (Lipinski definition) is 4. The number of rotatable bonds is 7. The Balaban J connectivity index is 0.00000167. The van der Waals surface area contributed by atoms with Crippen LogP contribution in [-0.2, 0) is 9.62 Å². The summed E-state index contributed by atoms with van der Waals surface area (Å²) < 4.78 is 7.11. The molecule has 0 saturated carbocycles. The molecule has 0 N–H and O–H groups in total. The van der Waals surface area contributed by atoms with Crippen LogP contribution in [0.5, 0.6) is 5.75 Å². The number of carbonyl (C=O) groups is 1. The molecule has 5 heteroatoms. The molecule has 0 saturated heterocycles. The van der Waals surface area contributed by atoms with Gasteiger partial charge in [-0.3, -0.25) is 0 Å². The molecule has 5 nitrogen and oxygen atoms in total. The predicted octanol–water partition coefficient (Wildman–Crippen LogP) is 6.96. The van der Waals surface area contributed by atoms with Crippen LogP contribution in [0.4, 0.5) is 0 Å². The molecule has 1 aliphatic rings. The fraction of sp³-hybridized carbons (Fsp3) is 0.267. The molecule has 4 rings (SSSR count). The number of carbonyl (C=O) groups excluding carboxylic acids is 1. The summed E-state index contributed by atoms with van der Waals surface area (Å²) in [6, 6.07) is 11.8. The molecule has 0 aliphatic heterocycles. The Kier molecular flexibility index (Phi) is 8.94. The minimum atomic E-state index is -0.461. The van der Waals surface area contributed by atoms with Gasteiger partial charge in [-0.05, 0) is 48.2 Å². The molecule has 1 aliphatic carbocycles. The van der Waals surface area contributed by atoms with Gasteiger partial charge >= 0.3 is 5.97 Å². The number of benzene rings is 2. The third kappa shape index (κ3) is 6.03. The summed E-state index contributed by atoms with van der Waals surface area (Å²) >= 11 is 0. The second-order valence-corrected chi connectivity index (χ2v) is 7.62. The van der Waals surface area contributed by atoms with E-state index in [0.29, 0.717) is 11.3 Å². The molecule has 35 heavy (non-hydrogen) atoms. The van der Waals surface area contributed by atoms with Gasteiger partial charge in [0.25, 0.3) is 0 Å². The lowest BCUT2D eigenvalue weighted by molar-refractivity contribution is -0.178. The summed E-state index contributed by atoms with van der Waals surface area (Å²) in [5.41, 5.74) is 7.94. The van der Waals surface area contributed by atoms with Gasteiger partial charge in [0.1, 0.15) is 5.56 Å². The van der Waals surface area contributed by atoms with Crippen molar-refractivity contribution in [3.63, 3.8) is 0 Å². The van der Waals surface area contributed by atoms with E-state index in [4.69, 9.17) is 14.5 Å². The number of aryl methyl sites for hydroxylation is 1. The summed E-state index contributed by atoms with van der Waals surface area (Å²) in [5.74, 6) is 6.31. The number of ether oxygens (including phenoxy) is 1. The van der Waals surface area contributed by atoms with E-state index in [1.54, 1.807) is 19.1 Å². The molecule has 1 radical (unpaired) electrons. The van der Waals surface area contributed by atoms with E-state index in [9.17, 15) is 4.79 Å². The standard InChI is InChI=1S/C28H26NO4.C2H6/c1-5-7-8-22-17-29(18-26(22)24-13-11-21(15-19(24)3)20-9-10-20)23-12-14-25(28(30)32-6-2)27(16-23)33-31-4;1-2/h9-18H,5-6H2,1-4H3;1-2H3. The zero-order valence-electron chi connectivity index (χ0n) is 21.3. The van der Waals surface area contributed by atoms with Gasteiger partial charge in [0.15, 0.2) is 5.75 Å². The summed E-state index contributed by atoms with van der Waals surface area (Å²) in [7, 11) is 1.40. The van der Waals surface area contributed by atoms with E-state index in [2.05, 4.69) is 55.7 Å². The lowest BCUT2D eigenvalue weighted by Crippen LogP contribution is -2.08. The van der Waals surface area contributed by atoms with E-state index in [1.807, 2.05) is 37.6 Å². The summed E-state index contributed by atoms with van der Waals surface area (Å²) in [6.07, 6.45) is 9.05. The first-order valence-corrected chi connectivity index (χ1v) is 11.9. The van der Waals surface area contributed by atoms with Crippen molar-refractivity contribution in [2.75, 3.05) is 13.7 Å². The normalized spacial score (nSPS) is 11.4. The zero-order valence-corrected chi connectivity index (χ0v) is 21.3. The molecule has 3 aromatic rings. The van der Waals surface area contributed by atoms with Crippen molar-refractivity contribution in [3.05, 3.63) is 83.5 Å². The molecule has 0 spiro atoms. The van der Waals surface area contributed by atoms with Gasteiger partial charge in [0.2, 0.25) is 0 Å². The van der Waals surface area contributed by atoms with Crippen LogP contribution in [0.1, 0.15) is 61.2 Å². The first kappa shape index (κ1) is 25.9. The summed E-state index contributed by atoms with van der Waals surface area (Å²) in [4.78, 5) is 22.4. The summed E-state index contributed by atoms with van der Waals surface area (Å²) in [5, 5.41) is 0. The maximum absolute atomic E-state index is 12.3. The van der Waals surface area contributed by atoms with Gasteiger partial charge in [-0.25, -0.2) is 4.79 Å². The maximum atomic E-state index is 12.3. The van der Waals surface area contributed by atoms with Crippen LogP contribution < -0.4 is 4.89 Å². The van der Waals surface area contributed by atoms with Crippen molar-refractivity contribution in [1.82, 2.24) is 4.57 Å². The minimum absolute atomic E-state index is 0.279. The first-order valence-electron chi connectivity index (χ1n) is 11.9. The lowest BCUT2D eigenvalue weighted by atomic mass is 9.97. The van der Waals surface area contributed by atoms with Gasteiger partial charge in [-0.2, -0.15) is 4.89 Å². The van der Waals surface area contributed by atoms with E-state index >= 15 is 0 Å². The topological polar surface area (TPSA) is 49.7 Å². The Morgan fingerprint density at radius 3 is 2.43 bits per heavy atom. The van der Waals surface area contributed by atoms with Gasteiger partial charge in [-0.15, -0.1) is 0 Å². The number of nitrogens with zero attached hydrogens (tertiary/aromatic N) is 1. The molecule has 2 aromatic carbocycles. The highest BCUT2D eigenvalue weighted by Crippen LogP contribution is 2.35. The van der Waals surface area contributed by atoms with Crippen LogP contribution in [0.15, 0.2) is 54.9 Å². The lowest BCUT2D eigenvalue weighted by Gasteiger charge is -2.11. The van der Waals surface area contributed by atoms with Crippen LogP contribution in [0.3, 0.4) is 0 Å². The number of aromatic nitrogens is 1. The van der Waals surface area contributed by atoms with E-state index in [1.165, 1.54) is 23.8 Å². The van der Waals surface area contributed by atoms with Crippen molar-refractivity contribution in [2.45, 2.75) is 41.0 Å². The van der Waals surface area contributed by atoms with Crippen molar-refractivity contribution >= 4 is 11.5 Å². The molecule has 0 amide bonds. The molecule has 1 aromatic heterocycles. The fourth-order valence-corrected chi connectivity index (χ4v) is 3.69. The second kappa shape index (κ2) is 12.1. The number of hydrogen-bond donors (Lipinski definition) is 0. The minimum Gasteiger partial charge on any atom is -0.462 e. The first-order chi connectivity index (χ1) is 17.0. The Morgan fingerprint density at radius 2 is 1.80 bits per heavy atom. The Hall–Kier alpha value is -3.75. The zero-order chi connectivity index (χ0) is 25.4. The highest BCUT2D eigenvalue weighted by molar-refractivity contribution is 5.93. The van der Waals surface area contributed by atoms with Crippen LogP contribution in [0, 0.1) is 25.2 Å². The van der Waals surface area contributed by atoms with Crippen LogP contribution in [0.25, 0.3) is 22.4 Å². The molecule has 0 atom stereocenters. The second-order valence-electron chi connectivity index (χ2n) is 7.62. The van der Waals surface area contributed by atoms with Crippen LogP contribution in [-0.4, -0.2) is 24.3 Å². The average Bonchev–Trinajstić information content (AvgIpc) is 3.64. The maximum Gasteiger partial charge on any atom is 0.342 e. The monoisotopic (exact) mass is 470 g/mol. The SMILES string of the molecule is CC.CCC#Cc1cn(-c2ccc(C(=O)OCC)c(OOC)c2)cc1-c1ccc(C2=C[CH]2)cc1C. The van der Waals surface area contributed by atoms with Gasteiger partial charge in [0, 0.05) is 42.6 Å². The van der Waals surface area contributed by atoms with Crippen molar-refractivity contribution in [2.24, 2.45) is 0 Å². The fourth-order valence-electron chi connectivity index (χ4n) is 3.69. The third-order valence-corrected chi connectivity index (χ3v) is 5.34. The highest BCUT2D eigenvalue weighted by Gasteiger charge is 2.18. The molecule has 1 heterocycles. The molecular weight excluding hydrogens is 438 g/mol. The number of allylic oxidation sites excluding steroid dienone is 2. The van der Waals surface area contributed by atoms with E-state index < -0.39 is 5.97 Å². The van der Waals surface area contributed by atoms with Crippen molar-refractivity contribution in [1.29, 1.82) is 0 Å². The highest BCUT2D eigenvalue weighted by atomic mass is 17.2. The molecule has 0 bridgehead atoms. The Labute approximate surface area is 208 Å². The van der Waals surface area contributed by atoms with Gasteiger partial charge in [0.05, 0.1) is 19.3 Å². The van der Waals surface area contributed by atoms with E-state index in [-0.39, 0.29) is 6.61 Å². The molecule has 181 valence electrons. The van der Waals surface area contributed by atoms with Gasteiger partial charge in [-0.1, -0.05) is 56.9 Å². The van der Waals surface area contributed by atoms with Crippen LogP contribution in [0.2, 0.25) is 0 Å².